The van der Waals surface area contributed by atoms with Gasteiger partial charge in [0, 0.05) is 17.3 Å². The maximum absolute atomic E-state index is 4.38. The second-order valence-corrected chi connectivity index (χ2v) is 6.24. The molecule has 15 heavy (non-hydrogen) atoms. The van der Waals surface area contributed by atoms with Gasteiger partial charge in [-0.2, -0.15) is 5.10 Å². The van der Waals surface area contributed by atoms with Gasteiger partial charge in [-0.25, -0.2) is 9.67 Å². The second-order valence-electron chi connectivity index (χ2n) is 4.87. The van der Waals surface area contributed by atoms with Gasteiger partial charge in [0.25, 0.3) is 0 Å². The van der Waals surface area contributed by atoms with E-state index in [1.54, 1.807) is 6.33 Å². The number of rotatable bonds is 4. The fraction of sp³-hybridized carbons (Fsp3) is 0.818. The van der Waals surface area contributed by atoms with Gasteiger partial charge in [0.05, 0.1) is 0 Å². The minimum absolute atomic E-state index is 0.406. The van der Waals surface area contributed by atoms with E-state index in [4.69, 9.17) is 0 Å². The van der Waals surface area contributed by atoms with Crippen molar-refractivity contribution < 1.29 is 0 Å². The molecular weight excluding hydrogens is 254 g/mol. The van der Waals surface area contributed by atoms with Gasteiger partial charge in [-0.3, -0.25) is 0 Å². The van der Waals surface area contributed by atoms with E-state index in [1.807, 2.05) is 4.68 Å². The molecule has 1 aliphatic carbocycles. The van der Waals surface area contributed by atoms with E-state index in [-0.39, 0.29) is 0 Å². The number of nitrogens with zero attached hydrogens (tertiary/aromatic N) is 3. The van der Waals surface area contributed by atoms with Crippen molar-refractivity contribution in [3.8, 4) is 0 Å². The zero-order chi connectivity index (χ0) is 11.1. The van der Waals surface area contributed by atoms with Crippen molar-refractivity contribution in [3.05, 3.63) is 12.2 Å². The Morgan fingerprint density at radius 3 is 2.60 bits per heavy atom. The Morgan fingerprint density at radius 2 is 2.13 bits per heavy atom. The van der Waals surface area contributed by atoms with Gasteiger partial charge in [-0.15, -0.1) is 0 Å². The smallest absolute Gasteiger partial charge is 0.138 e. The van der Waals surface area contributed by atoms with Crippen LogP contribution in [0.15, 0.2) is 6.33 Å². The molecule has 1 heterocycles. The summed E-state index contributed by atoms with van der Waals surface area (Å²) < 4.78 is 2.04. The molecule has 1 aliphatic rings. The molecule has 2 rings (SSSR count). The molecule has 4 heteroatoms. The topological polar surface area (TPSA) is 30.7 Å². The van der Waals surface area contributed by atoms with Crippen LogP contribution in [0, 0.1) is 5.41 Å². The van der Waals surface area contributed by atoms with Gasteiger partial charge in [0.15, 0.2) is 0 Å². The van der Waals surface area contributed by atoms with Crippen molar-refractivity contribution in [1.29, 1.82) is 0 Å². The van der Waals surface area contributed by atoms with E-state index >= 15 is 0 Å². The van der Waals surface area contributed by atoms with E-state index in [2.05, 4.69) is 46.8 Å². The molecule has 1 aromatic heterocycles. The van der Waals surface area contributed by atoms with Gasteiger partial charge in [-0.1, -0.05) is 22.9 Å². The molecule has 1 fully saturated rings. The van der Waals surface area contributed by atoms with Crippen LogP contribution in [-0.4, -0.2) is 19.6 Å². The van der Waals surface area contributed by atoms with E-state index < -0.39 is 0 Å². The zero-order valence-electron chi connectivity index (χ0n) is 9.57. The van der Waals surface area contributed by atoms with Gasteiger partial charge < -0.3 is 0 Å². The van der Waals surface area contributed by atoms with Crippen molar-refractivity contribution in [2.75, 3.05) is 0 Å². The summed E-state index contributed by atoms with van der Waals surface area (Å²) in [5.41, 5.74) is 0.444. The first-order valence-electron chi connectivity index (χ1n) is 5.57. The third kappa shape index (κ3) is 2.10. The molecule has 0 bridgehead atoms. The van der Waals surface area contributed by atoms with Crippen molar-refractivity contribution in [1.82, 2.24) is 14.8 Å². The average molecular weight is 272 g/mol. The number of halogens is 1. The summed E-state index contributed by atoms with van der Waals surface area (Å²) in [5, 5.41) is 4.28. The van der Waals surface area contributed by atoms with Crippen molar-refractivity contribution in [2.45, 2.75) is 50.9 Å². The monoisotopic (exact) mass is 271 g/mol. The molecule has 0 amide bonds. The van der Waals surface area contributed by atoms with E-state index in [1.165, 1.54) is 12.8 Å². The summed E-state index contributed by atoms with van der Waals surface area (Å²) >= 11 is 3.71. The first kappa shape index (κ1) is 11.1. The van der Waals surface area contributed by atoms with Crippen LogP contribution in [0.5, 0.6) is 0 Å². The Morgan fingerprint density at radius 1 is 1.47 bits per heavy atom. The van der Waals surface area contributed by atoms with Gasteiger partial charge in [-0.05, 0) is 32.1 Å². The lowest BCUT2D eigenvalue weighted by Crippen LogP contribution is -2.19. The summed E-state index contributed by atoms with van der Waals surface area (Å²) in [4.78, 5) is 4.95. The first-order chi connectivity index (χ1) is 7.05. The van der Waals surface area contributed by atoms with Crippen LogP contribution in [0.4, 0.5) is 0 Å². The fourth-order valence-electron chi connectivity index (χ4n) is 2.02. The normalized spacial score (nSPS) is 20.6. The molecular formula is C11H18BrN3. The Bertz CT molecular complexity index is 339. The van der Waals surface area contributed by atoms with Crippen molar-refractivity contribution in [2.24, 2.45) is 5.41 Å². The third-order valence-corrected chi connectivity index (χ3v) is 4.35. The molecule has 0 N–H and O–H groups in total. The average Bonchev–Trinajstić information content (AvgIpc) is 2.77. The van der Waals surface area contributed by atoms with E-state index in [9.17, 15) is 0 Å². The Kier molecular flexibility index (Phi) is 2.88. The predicted octanol–water partition coefficient (Wildman–Crippen LogP) is 2.97. The molecule has 84 valence electrons. The quantitative estimate of drug-likeness (QED) is 0.789. The summed E-state index contributed by atoms with van der Waals surface area (Å²) in [7, 11) is 0. The highest BCUT2D eigenvalue weighted by Gasteiger charge is 2.47. The molecule has 1 aromatic rings. The van der Waals surface area contributed by atoms with Crippen LogP contribution < -0.4 is 0 Å². The largest absolute Gasteiger partial charge is 0.248 e. The zero-order valence-corrected chi connectivity index (χ0v) is 11.2. The van der Waals surface area contributed by atoms with Crippen LogP contribution in [0.2, 0.25) is 0 Å². The molecule has 1 atom stereocenters. The molecule has 1 saturated carbocycles. The SMILES string of the molecule is CC(C)n1ncnc1CC1(C(C)Br)CC1. The summed E-state index contributed by atoms with van der Waals surface area (Å²) in [6.07, 6.45) is 5.34. The summed E-state index contributed by atoms with van der Waals surface area (Å²) in [6.45, 7) is 6.54. The van der Waals surface area contributed by atoms with Gasteiger partial charge in [0.1, 0.15) is 12.2 Å². The highest BCUT2D eigenvalue weighted by Crippen LogP contribution is 2.53. The number of hydrogen-bond acceptors (Lipinski definition) is 2. The van der Waals surface area contributed by atoms with Crippen LogP contribution in [-0.2, 0) is 6.42 Å². The molecule has 1 unspecified atom stereocenters. The maximum Gasteiger partial charge on any atom is 0.138 e. The summed E-state index contributed by atoms with van der Waals surface area (Å²) in [6, 6.07) is 0.406. The minimum atomic E-state index is 0.406. The van der Waals surface area contributed by atoms with Crippen LogP contribution in [0.1, 0.15) is 45.5 Å². The number of aromatic nitrogens is 3. The lowest BCUT2D eigenvalue weighted by atomic mass is 9.98. The highest BCUT2D eigenvalue weighted by atomic mass is 79.9. The predicted molar refractivity (Wildman–Crippen MR) is 64.2 cm³/mol. The third-order valence-electron chi connectivity index (χ3n) is 3.38. The minimum Gasteiger partial charge on any atom is -0.248 e. The van der Waals surface area contributed by atoms with Crippen molar-refractivity contribution in [3.63, 3.8) is 0 Å². The van der Waals surface area contributed by atoms with E-state index in [0.29, 0.717) is 16.3 Å². The first-order valence-corrected chi connectivity index (χ1v) is 6.49. The molecule has 0 saturated heterocycles. The lowest BCUT2D eigenvalue weighted by Gasteiger charge is -2.18. The van der Waals surface area contributed by atoms with Crippen LogP contribution >= 0.6 is 15.9 Å². The van der Waals surface area contributed by atoms with E-state index in [0.717, 1.165) is 12.2 Å². The summed E-state index contributed by atoms with van der Waals surface area (Å²) in [5.74, 6) is 1.13. The van der Waals surface area contributed by atoms with Crippen LogP contribution in [0.25, 0.3) is 0 Å². The number of hydrogen-bond donors (Lipinski definition) is 0. The second kappa shape index (κ2) is 3.89. The Hall–Kier alpha value is -0.380. The molecule has 0 radical (unpaired) electrons. The number of alkyl halides is 1. The molecule has 3 nitrogen and oxygen atoms in total. The molecule has 0 spiro atoms. The van der Waals surface area contributed by atoms with Gasteiger partial charge >= 0.3 is 0 Å². The Balaban J connectivity index is 2.14. The highest BCUT2D eigenvalue weighted by molar-refractivity contribution is 9.09. The fourth-order valence-corrected chi connectivity index (χ4v) is 2.64. The molecule has 0 aromatic carbocycles. The van der Waals surface area contributed by atoms with Crippen LogP contribution in [0.3, 0.4) is 0 Å². The maximum atomic E-state index is 4.38. The molecule has 0 aliphatic heterocycles. The lowest BCUT2D eigenvalue weighted by molar-refractivity contribution is 0.442. The van der Waals surface area contributed by atoms with Crippen molar-refractivity contribution >= 4 is 15.9 Å². The standard InChI is InChI=1S/C11H18BrN3/c1-8(2)15-10(13-7-14-15)6-11(4-5-11)9(3)12/h7-9H,4-6H2,1-3H3. The Labute approximate surface area is 99.4 Å². The van der Waals surface area contributed by atoms with Gasteiger partial charge in [0.2, 0.25) is 0 Å².